The maximum atomic E-state index is 14.2. The molecule has 122 valence electrons. The summed E-state index contributed by atoms with van der Waals surface area (Å²) in [6.07, 6.45) is 4.25. The van der Waals surface area contributed by atoms with Gasteiger partial charge in [-0.15, -0.1) is 11.3 Å². The molecule has 0 saturated carbocycles. The topological polar surface area (TPSA) is 59.0 Å². The number of carbonyl (C=O) groups is 1. The zero-order valence-electron chi connectivity index (χ0n) is 12.6. The Kier molecular flexibility index (Phi) is 4.57. The van der Waals surface area contributed by atoms with E-state index in [2.05, 4.69) is 15.0 Å². The molecule has 0 N–H and O–H groups in total. The van der Waals surface area contributed by atoms with Crippen LogP contribution in [0, 0.1) is 11.6 Å². The number of aromatic nitrogens is 3. The molecule has 1 aromatic carbocycles. The van der Waals surface area contributed by atoms with Crippen molar-refractivity contribution in [3.8, 4) is 0 Å². The van der Waals surface area contributed by atoms with Gasteiger partial charge in [-0.3, -0.25) is 4.79 Å². The molecule has 0 bridgehead atoms. The average Bonchev–Trinajstić information content (AvgIpc) is 3.13. The highest BCUT2D eigenvalue weighted by molar-refractivity contribution is 7.07. The van der Waals surface area contributed by atoms with Gasteiger partial charge in [0.2, 0.25) is 0 Å². The average molecular weight is 346 g/mol. The Morgan fingerprint density at radius 1 is 1.25 bits per heavy atom. The van der Waals surface area contributed by atoms with Crippen molar-refractivity contribution in [2.24, 2.45) is 0 Å². The Hall–Kier alpha value is -2.74. The molecule has 0 radical (unpaired) electrons. The maximum absolute atomic E-state index is 14.2. The largest absolute Gasteiger partial charge is 0.340 e. The van der Waals surface area contributed by atoms with Crippen molar-refractivity contribution in [2.45, 2.75) is 6.42 Å². The number of benzene rings is 1. The third-order valence-corrected chi connectivity index (χ3v) is 4.03. The van der Waals surface area contributed by atoms with Gasteiger partial charge in [-0.25, -0.2) is 23.7 Å². The smallest absolute Gasteiger partial charge is 0.186 e. The Balaban J connectivity index is 1.93. The van der Waals surface area contributed by atoms with Gasteiger partial charge in [0.1, 0.15) is 12.0 Å². The van der Waals surface area contributed by atoms with Crippen LogP contribution in [-0.2, 0) is 6.42 Å². The molecule has 0 aliphatic heterocycles. The molecule has 0 atom stereocenters. The van der Waals surface area contributed by atoms with E-state index in [1.807, 2.05) is 0 Å². The third kappa shape index (κ3) is 3.28. The lowest BCUT2D eigenvalue weighted by Gasteiger charge is -2.20. The molecule has 24 heavy (non-hydrogen) atoms. The Labute approximate surface area is 140 Å². The molecule has 0 aliphatic carbocycles. The number of hydrogen-bond acceptors (Lipinski definition) is 6. The minimum Gasteiger partial charge on any atom is -0.340 e. The standard InChI is InChI=1S/C16H12F2N4OS/c1-22(11-5-19-8-20-6-11)14-3-10(2-12(17)16(14)18)4-15(23)13-7-24-9-21-13/h2-3,5-9H,4H2,1H3. The van der Waals surface area contributed by atoms with E-state index in [0.717, 1.165) is 6.07 Å². The fourth-order valence-corrected chi connectivity index (χ4v) is 2.76. The van der Waals surface area contributed by atoms with Crippen molar-refractivity contribution in [1.82, 2.24) is 15.0 Å². The summed E-state index contributed by atoms with van der Waals surface area (Å²) < 4.78 is 28.1. The van der Waals surface area contributed by atoms with Gasteiger partial charge in [-0.05, 0) is 17.7 Å². The number of hydrogen-bond donors (Lipinski definition) is 0. The number of ketones is 1. The minimum absolute atomic E-state index is 0.00544. The third-order valence-electron chi connectivity index (χ3n) is 3.45. The molecule has 0 spiro atoms. The molecule has 2 heterocycles. The van der Waals surface area contributed by atoms with Gasteiger partial charge in [0.25, 0.3) is 0 Å². The number of carbonyl (C=O) groups excluding carboxylic acids is 1. The molecule has 2 aromatic heterocycles. The fraction of sp³-hybridized carbons (Fsp3) is 0.125. The summed E-state index contributed by atoms with van der Waals surface area (Å²) in [5, 5.41) is 1.62. The molecule has 8 heteroatoms. The molecular weight excluding hydrogens is 334 g/mol. The van der Waals surface area contributed by atoms with E-state index in [-0.39, 0.29) is 17.9 Å². The first-order chi connectivity index (χ1) is 11.6. The van der Waals surface area contributed by atoms with Gasteiger partial charge < -0.3 is 4.90 Å². The predicted molar refractivity (Wildman–Crippen MR) is 86.6 cm³/mol. The Morgan fingerprint density at radius 2 is 2.00 bits per heavy atom. The molecule has 0 fully saturated rings. The van der Waals surface area contributed by atoms with E-state index in [1.165, 1.54) is 41.0 Å². The van der Waals surface area contributed by atoms with Gasteiger partial charge in [0.05, 0.1) is 29.3 Å². The highest BCUT2D eigenvalue weighted by atomic mass is 32.1. The van der Waals surface area contributed by atoms with Crippen molar-refractivity contribution in [2.75, 3.05) is 11.9 Å². The predicted octanol–water partition coefficient (Wildman–Crippen LogP) is 3.40. The van der Waals surface area contributed by atoms with Gasteiger partial charge in [-0.2, -0.15) is 0 Å². The second-order valence-corrected chi connectivity index (χ2v) is 5.76. The van der Waals surface area contributed by atoms with Crippen LogP contribution in [0.3, 0.4) is 0 Å². The van der Waals surface area contributed by atoms with Gasteiger partial charge >= 0.3 is 0 Å². The molecule has 0 unspecified atom stereocenters. The van der Waals surface area contributed by atoms with Crippen LogP contribution < -0.4 is 4.90 Å². The first kappa shape index (κ1) is 16.1. The minimum atomic E-state index is -1.02. The summed E-state index contributed by atoms with van der Waals surface area (Å²) in [5.41, 5.74) is 2.74. The molecule has 5 nitrogen and oxygen atoms in total. The fourth-order valence-electron chi connectivity index (χ4n) is 2.20. The first-order valence-corrected chi connectivity index (χ1v) is 7.88. The van der Waals surface area contributed by atoms with Crippen LogP contribution in [0.25, 0.3) is 0 Å². The molecule has 0 aliphatic rings. The summed E-state index contributed by atoms with van der Waals surface area (Å²) in [7, 11) is 1.57. The number of thiazole rings is 1. The summed E-state index contributed by atoms with van der Waals surface area (Å²) in [6.45, 7) is 0. The van der Waals surface area contributed by atoms with Crippen LogP contribution in [0.1, 0.15) is 16.1 Å². The molecule has 0 amide bonds. The lowest BCUT2D eigenvalue weighted by Crippen LogP contribution is -2.14. The van der Waals surface area contributed by atoms with Crippen molar-refractivity contribution < 1.29 is 13.6 Å². The van der Waals surface area contributed by atoms with Gasteiger partial charge in [-0.1, -0.05) is 0 Å². The normalized spacial score (nSPS) is 10.6. The van der Waals surface area contributed by atoms with Crippen LogP contribution in [-0.4, -0.2) is 27.8 Å². The SMILES string of the molecule is CN(c1cncnc1)c1cc(CC(=O)c2cscn2)cc(F)c1F. The summed E-state index contributed by atoms with van der Waals surface area (Å²) in [5.74, 6) is -2.26. The highest BCUT2D eigenvalue weighted by Gasteiger charge is 2.18. The Bertz CT molecular complexity index is 856. The van der Waals surface area contributed by atoms with Crippen LogP contribution in [0.15, 0.2) is 41.7 Å². The molecule has 3 aromatic rings. The zero-order chi connectivity index (χ0) is 17.1. The van der Waals surface area contributed by atoms with Crippen molar-refractivity contribution >= 4 is 28.5 Å². The molecular formula is C16H12F2N4OS. The van der Waals surface area contributed by atoms with Crippen molar-refractivity contribution in [3.63, 3.8) is 0 Å². The lowest BCUT2D eigenvalue weighted by atomic mass is 10.1. The summed E-state index contributed by atoms with van der Waals surface area (Å²) in [4.78, 5) is 25.2. The monoisotopic (exact) mass is 346 g/mol. The van der Waals surface area contributed by atoms with Crippen molar-refractivity contribution in [3.05, 3.63) is 64.6 Å². The quantitative estimate of drug-likeness (QED) is 0.663. The summed E-state index contributed by atoms with van der Waals surface area (Å²) in [6, 6.07) is 2.47. The Morgan fingerprint density at radius 3 is 2.67 bits per heavy atom. The van der Waals surface area contributed by atoms with Crippen LogP contribution in [0.5, 0.6) is 0 Å². The second-order valence-electron chi connectivity index (χ2n) is 5.04. The molecule has 3 rings (SSSR count). The molecule has 0 saturated heterocycles. The number of rotatable bonds is 5. The van der Waals surface area contributed by atoms with E-state index >= 15 is 0 Å². The van der Waals surface area contributed by atoms with E-state index in [0.29, 0.717) is 16.9 Å². The van der Waals surface area contributed by atoms with E-state index < -0.39 is 11.6 Å². The zero-order valence-corrected chi connectivity index (χ0v) is 13.4. The van der Waals surface area contributed by atoms with Gasteiger partial charge in [0, 0.05) is 18.8 Å². The number of nitrogens with zero attached hydrogens (tertiary/aromatic N) is 4. The number of anilines is 2. The maximum Gasteiger partial charge on any atom is 0.186 e. The van der Waals surface area contributed by atoms with E-state index in [1.54, 1.807) is 17.9 Å². The number of halogens is 2. The van der Waals surface area contributed by atoms with E-state index in [4.69, 9.17) is 0 Å². The van der Waals surface area contributed by atoms with Crippen LogP contribution >= 0.6 is 11.3 Å². The highest BCUT2D eigenvalue weighted by Crippen LogP contribution is 2.28. The van der Waals surface area contributed by atoms with Crippen LogP contribution in [0.2, 0.25) is 0 Å². The van der Waals surface area contributed by atoms with Crippen molar-refractivity contribution in [1.29, 1.82) is 0 Å². The number of Topliss-reactive ketones (excluding diaryl/α,β-unsaturated/α-hetero) is 1. The second kappa shape index (κ2) is 6.79. The lowest BCUT2D eigenvalue weighted by molar-refractivity contribution is 0.0989. The van der Waals surface area contributed by atoms with E-state index in [9.17, 15) is 13.6 Å². The van der Waals surface area contributed by atoms with Gasteiger partial charge in [0.15, 0.2) is 17.4 Å². The first-order valence-electron chi connectivity index (χ1n) is 6.94. The van der Waals surface area contributed by atoms with Crippen LogP contribution in [0.4, 0.5) is 20.2 Å². The summed E-state index contributed by atoms with van der Waals surface area (Å²) >= 11 is 1.30.